The van der Waals surface area contributed by atoms with Crippen LogP contribution in [0.5, 0.6) is 0 Å². The van der Waals surface area contributed by atoms with Gasteiger partial charge in [0.25, 0.3) is 11.8 Å². The zero-order valence-corrected chi connectivity index (χ0v) is 6.46. The summed E-state index contributed by atoms with van der Waals surface area (Å²) in [6, 6.07) is 0. The van der Waals surface area contributed by atoms with Gasteiger partial charge in [0.1, 0.15) is 0 Å². The number of halogens is 5. The Bertz CT molecular complexity index is 158. The van der Waals surface area contributed by atoms with Crippen molar-refractivity contribution in [2.75, 3.05) is 0 Å². The lowest BCUT2D eigenvalue weighted by molar-refractivity contribution is -0.0910. The van der Waals surface area contributed by atoms with Gasteiger partial charge in [0.05, 0.1) is 6.42 Å². The Morgan fingerprint density at radius 3 is 2.00 bits per heavy atom. The summed E-state index contributed by atoms with van der Waals surface area (Å²) < 4.78 is 60.9. The molecule has 0 saturated heterocycles. The molecule has 1 unspecified atom stereocenters. The third kappa shape index (κ3) is 3.69. The summed E-state index contributed by atoms with van der Waals surface area (Å²) in [5, 5.41) is 0. The summed E-state index contributed by atoms with van der Waals surface area (Å²) in [5.74, 6) is -7.30. The van der Waals surface area contributed by atoms with Gasteiger partial charge in [-0.05, 0) is 6.08 Å². The lowest BCUT2D eigenvalue weighted by Crippen LogP contribution is -2.31. The third-order valence-corrected chi connectivity index (χ3v) is 1.30. The van der Waals surface area contributed by atoms with Gasteiger partial charge in [0, 0.05) is 6.92 Å². The van der Waals surface area contributed by atoms with Crippen LogP contribution in [0.4, 0.5) is 22.0 Å². The van der Waals surface area contributed by atoms with Crippen LogP contribution < -0.4 is 0 Å². The monoisotopic (exact) mass is 188 g/mol. The SMILES string of the molecule is C=CC(F)(F)CC(F)C(C)(F)F. The van der Waals surface area contributed by atoms with Crippen molar-refractivity contribution in [2.45, 2.75) is 31.4 Å². The molecule has 0 saturated carbocycles. The molecule has 0 heterocycles. The van der Waals surface area contributed by atoms with Crippen molar-refractivity contribution in [2.24, 2.45) is 0 Å². The fourth-order valence-corrected chi connectivity index (χ4v) is 0.501. The summed E-state index contributed by atoms with van der Waals surface area (Å²) in [5.41, 5.74) is 0. The maximum Gasteiger partial charge on any atom is 0.276 e. The van der Waals surface area contributed by atoms with Crippen LogP contribution in [0.25, 0.3) is 0 Å². The Hall–Kier alpha value is -0.610. The van der Waals surface area contributed by atoms with E-state index in [4.69, 9.17) is 0 Å². The lowest BCUT2D eigenvalue weighted by atomic mass is 10.1. The van der Waals surface area contributed by atoms with Gasteiger partial charge in [0.15, 0.2) is 6.17 Å². The number of hydrogen-bond donors (Lipinski definition) is 0. The van der Waals surface area contributed by atoms with Gasteiger partial charge in [-0.1, -0.05) is 6.58 Å². The van der Waals surface area contributed by atoms with Crippen molar-refractivity contribution < 1.29 is 22.0 Å². The molecule has 5 heteroatoms. The molecule has 0 aliphatic heterocycles. The minimum absolute atomic E-state index is 0.158. The van der Waals surface area contributed by atoms with E-state index in [9.17, 15) is 22.0 Å². The molecule has 0 N–H and O–H groups in total. The standard InChI is InChI=1S/C7H9F5/c1-3-7(11,12)4-5(8)6(2,9)10/h3,5H,1,4H2,2H3. The summed E-state index contributed by atoms with van der Waals surface area (Å²) >= 11 is 0. The first kappa shape index (κ1) is 11.4. The molecule has 0 spiro atoms. The maximum absolute atomic E-state index is 12.3. The van der Waals surface area contributed by atoms with Crippen LogP contribution in [0.1, 0.15) is 13.3 Å². The van der Waals surface area contributed by atoms with Crippen LogP contribution in [0, 0.1) is 0 Å². The molecule has 0 nitrogen and oxygen atoms in total. The van der Waals surface area contributed by atoms with Crippen LogP contribution in [0.3, 0.4) is 0 Å². The highest BCUT2D eigenvalue weighted by Crippen LogP contribution is 2.31. The van der Waals surface area contributed by atoms with Gasteiger partial charge < -0.3 is 0 Å². The molecule has 0 bridgehead atoms. The second-order valence-electron chi connectivity index (χ2n) is 2.59. The quantitative estimate of drug-likeness (QED) is 0.469. The van der Waals surface area contributed by atoms with E-state index < -0.39 is 24.4 Å². The number of alkyl halides is 5. The second-order valence-corrected chi connectivity index (χ2v) is 2.59. The van der Waals surface area contributed by atoms with Crippen LogP contribution in [0.2, 0.25) is 0 Å². The number of hydrogen-bond acceptors (Lipinski definition) is 0. The second kappa shape index (κ2) is 3.41. The first-order chi connectivity index (χ1) is 5.19. The van der Waals surface area contributed by atoms with Crippen molar-refractivity contribution in [1.29, 1.82) is 0 Å². The Morgan fingerprint density at radius 2 is 1.75 bits per heavy atom. The van der Waals surface area contributed by atoms with Crippen LogP contribution in [0.15, 0.2) is 12.7 Å². The predicted molar refractivity (Wildman–Crippen MR) is 35.3 cm³/mol. The average Bonchev–Trinajstić information content (AvgIpc) is 1.85. The Morgan fingerprint density at radius 1 is 1.33 bits per heavy atom. The lowest BCUT2D eigenvalue weighted by Gasteiger charge is -2.19. The van der Waals surface area contributed by atoms with Gasteiger partial charge in [-0.3, -0.25) is 0 Å². The van der Waals surface area contributed by atoms with Gasteiger partial charge >= 0.3 is 0 Å². The van der Waals surface area contributed by atoms with E-state index >= 15 is 0 Å². The minimum atomic E-state index is -3.73. The zero-order valence-electron chi connectivity index (χ0n) is 6.46. The zero-order chi connectivity index (χ0) is 9.99. The molecule has 0 aromatic rings. The third-order valence-electron chi connectivity index (χ3n) is 1.30. The summed E-state index contributed by atoms with van der Waals surface area (Å²) in [7, 11) is 0. The van der Waals surface area contributed by atoms with Crippen molar-refractivity contribution in [1.82, 2.24) is 0 Å². The van der Waals surface area contributed by atoms with E-state index in [-0.39, 0.29) is 13.0 Å². The predicted octanol–water partition coefficient (Wildman–Crippen LogP) is 3.19. The molecule has 0 radical (unpaired) electrons. The number of rotatable bonds is 4. The van der Waals surface area contributed by atoms with Gasteiger partial charge in [-0.2, -0.15) is 0 Å². The first-order valence-electron chi connectivity index (χ1n) is 3.22. The van der Waals surface area contributed by atoms with Crippen molar-refractivity contribution in [3.05, 3.63) is 12.7 Å². The molecule has 12 heavy (non-hydrogen) atoms. The first-order valence-corrected chi connectivity index (χ1v) is 3.22. The van der Waals surface area contributed by atoms with Crippen molar-refractivity contribution >= 4 is 0 Å². The maximum atomic E-state index is 12.3. The van der Waals surface area contributed by atoms with Crippen molar-refractivity contribution in [3.63, 3.8) is 0 Å². The van der Waals surface area contributed by atoms with E-state index in [0.717, 1.165) is 0 Å². The van der Waals surface area contributed by atoms with E-state index in [1.165, 1.54) is 0 Å². The Balaban J connectivity index is 4.18. The molecule has 0 aliphatic rings. The molecule has 1 atom stereocenters. The molecular formula is C7H9F5. The summed E-state index contributed by atoms with van der Waals surface area (Å²) in [4.78, 5) is 0. The Kier molecular flexibility index (Phi) is 3.24. The van der Waals surface area contributed by atoms with Crippen molar-refractivity contribution in [3.8, 4) is 0 Å². The largest absolute Gasteiger partial charge is 0.276 e. The summed E-state index contributed by atoms with van der Waals surface area (Å²) in [6.45, 7) is 2.97. The van der Waals surface area contributed by atoms with E-state index in [2.05, 4.69) is 6.58 Å². The van der Waals surface area contributed by atoms with Crippen LogP contribution in [-0.2, 0) is 0 Å². The molecule has 0 amide bonds. The fourth-order valence-electron chi connectivity index (χ4n) is 0.501. The highest BCUT2D eigenvalue weighted by atomic mass is 19.3. The molecule has 0 aromatic heterocycles. The number of allylic oxidation sites excluding steroid dienone is 1. The normalized spacial score (nSPS) is 15.8. The topological polar surface area (TPSA) is 0 Å². The van der Waals surface area contributed by atoms with Crippen LogP contribution in [-0.4, -0.2) is 18.0 Å². The van der Waals surface area contributed by atoms with Gasteiger partial charge in [-0.15, -0.1) is 0 Å². The molecule has 0 rings (SSSR count). The molecular weight excluding hydrogens is 179 g/mol. The fraction of sp³-hybridized carbons (Fsp3) is 0.714. The van der Waals surface area contributed by atoms with E-state index in [0.29, 0.717) is 0 Å². The molecule has 72 valence electrons. The smallest absolute Gasteiger partial charge is 0.241 e. The van der Waals surface area contributed by atoms with Gasteiger partial charge in [-0.25, -0.2) is 22.0 Å². The Labute approximate surface area is 67.1 Å². The highest BCUT2D eigenvalue weighted by Gasteiger charge is 2.41. The molecule has 0 aromatic carbocycles. The highest BCUT2D eigenvalue weighted by molar-refractivity contribution is 4.91. The molecule has 0 aliphatic carbocycles. The van der Waals surface area contributed by atoms with E-state index in [1.54, 1.807) is 0 Å². The van der Waals surface area contributed by atoms with Gasteiger partial charge in [0.2, 0.25) is 0 Å². The summed E-state index contributed by atoms with van der Waals surface area (Å²) in [6.07, 6.45) is -4.21. The van der Waals surface area contributed by atoms with E-state index in [1.807, 2.05) is 0 Å². The van der Waals surface area contributed by atoms with Crippen LogP contribution >= 0.6 is 0 Å². The minimum Gasteiger partial charge on any atom is -0.241 e. The molecule has 0 fully saturated rings. The average molecular weight is 188 g/mol.